The smallest absolute Gasteiger partial charge is 0.311 e. The molecule has 58 heavy (non-hydrogen) atoms. The number of aryl methyl sites for hydroxylation is 1. The first kappa shape index (κ1) is 48.3. The van der Waals surface area contributed by atoms with Crippen molar-refractivity contribution in [2.45, 2.75) is 251 Å². The minimum Gasteiger partial charge on any atom is -0.462 e. The zero-order chi connectivity index (χ0) is 41.1. The third-order valence-electron chi connectivity index (χ3n) is 14.4. The summed E-state index contributed by atoms with van der Waals surface area (Å²) in [7, 11) is 0. The Morgan fingerprint density at radius 2 is 1.10 bits per heavy atom. The van der Waals surface area contributed by atoms with Crippen molar-refractivity contribution < 1.29 is 19.1 Å². The molecule has 0 saturated heterocycles. The maximum Gasteiger partial charge on any atom is 0.311 e. The molecule has 328 valence electrons. The Morgan fingerprint density at radius 1 is 0.603 bits per heavy atom. The zero-order valence-electron chi connectivity index (χ0n) is 38.0. The Kier molecular flexibility index (Phi) is 24.1. The fraction of sp³-hybridized carbons (Fsp3) is 0.778. The van der Waals surface area contributed by atoms with Crippen molar-refractivity contribution in [2.75, 3.05) is 0 Å². The highest BCUT2D eigenvalue weighted by molar-refractivity contribution is 5.72. The van der Waals surface area contributed by atoms with Crippen LogP contribution in [-0.2, 0) is 20.7 Å². The summed E-state index contributed by atoms with van der Waals surface area (Å²) in [6.45, 7) is 6.98. The number of fused-ring (bicyclic) bond motifs is 5. The van der Waals surface area contributed by atoms with Gasteiger partial charge < -0.3 is 9.47 Å². The fourth-order valence-electron chi connectivity index (χ4n) is 10.8. The number of allylic oxidation sites excluding steroid dienone is 4. The number of carbonyl (C=O) groups excluding carboxylic acids is 2. The minimum absolute atomic E-state index is 0.0277. The van der Waals surface area contributed by atoms with Gasteiger partial charge >= 0.3 is 11.9 Å². The number of ether oxygens (including phenoxy) is 2. The van der Waals surface area contributed by atoms with E-state index < -0.39 is 0 Å². The molecule has 4 heteroatoms. The van der Waals surface area contributed by atoms with Crippen molar-refractivity contribution in [3.63, 3.8) is 0 Å². The van der Waals surface area contributed by atoms with Gasteiger partial charge in [-0.1, -0.05) is 154 Å². The Labute approximate surface area is 357 Å². The molecule has 0 heterocycles. The molecule has 4 nitrogen and oxygen atoms in total. The predicted octanol–water partition coefficient (Wildman–Crippen LogP) is 16.4. The molecule has 1 aromatic rings. The van der Waals surface area contributed by atoms with Crippen molar-refractivity contribution in [2.24, 2.45) is 17.3 Å². The summed E-state index contributed by atoms with van der Waals surface area (Å²) in [5.74, 6) is 2.47. The van der Waals surface area contributed by atoms with Crippen molar-refractivity contribution in [1.82, 2.24) is 0 Å². The van der Waals surface area contributed by atoms with E-state index in [1.165, 1.54) is 165 Å². The fourth-order valence-corrected chi connectivity index (χ4v) is 10.8. The van der Waals surface area contributed by atoms with Crippen molar-refractivity contribution >= 4 is 11.9 Å². The second-order valence-electron chi connectivity index (χ2n) is 19.0. The first-order chi connectivity index (χ1) is 28.5. The molecule has 0 N–H and O–H groups in total. The van der Waals surface area contributed by atoms with Gasteiger partial charge in [0.1, 0.15) is 11.9 Å². The summed E-state index contributed by atoms with van der Waals surface area (Å²) >= 11 is 0. The molecule has 4 rings (SSSR count). The van der Waals surface area contributed by atoms with E-state index >= 15 is 0 Å². The molecular formula is C54H88O4. The summed E-state index contributed by atoms with van der Waals surface area (Å²) in [6.07, 6.45) is 50.2. The number of unbranched alkanes of at least 4 members (excludes halogenated alkanes) is 22. The highest BCUT2D eigenvalue weighted by Crippen LogP contribution is 2.61. The van der Waals surface area contributed by atoms with Crippen LogP contribution < -0.4 is 4.74 Å². The van der Waals surface area contributed by atoms with Gasteiger partial charge in [0.2, 0.25) is 0 Å². The van der Waals surface area contributed by atoms with Crippen LogP contribution in [0.1, 0.15) is 250 Å². The van der Waals surface area contributed by atoms with Crippen LogP contribution in [0.3, 0.4) is 0 Å². The molecule has 2 saturated carbocycles. The number of hydrogen-bond acceptors (Lipinski definition) is 4. The Morgan fingerprint density at radius 3 is 1.66 bits per heavy atom. The van der Waals surface area contributed by atoms with E-state index in [0.717, 1.165) is 57.1 Å². The molecule has 0 aromatic heterocycles. The largest absolute Gasteiger partial charge is 0.462 e. The molecule has 1 unspecified atom stereocenters. The Balaban J connectivity index is 1.05. The molecule has 0 spiro atoms. The first-order valence-corrected chi connectivity index (χ1v) is 25.3. The van der Waals surface area contributed by atoms with E-state index in [9.17, 15) is 9.59 Å². The molecule has 3 aliphatic carbocycles. The maximum atomic E-state index is 13.0. The molecule has 3 aliphatic rings. The van der Waals surface area contributed by atoms with Gasteiger partial charge in [-0.2, -0.15) is 0 Å². The normalized spacial score (nSPS) is 22.6. The van der Waals surface area contributed by atoms with Gasteiger partial charge in [-0.15, -0.1) is 0 Å². The van der Waals surface area contributed by atoms with E-state index in [0.29, 0.717) is 30.6 Å². The van der Waals surface area contributed by atoms with E-state index in [2.05, 4.69) is 57.2 Å². The van der Waals surface area contributed by atoms with Crippen LogP contribution in [-0.4, -0.2) is 18.0 Å². The molecule has 0 aliphatic heterocycles. The minimum atomic E-state index is -0.0940. The second kappa shape index (κ2) is 29.0. The molecule has 5 atom stereocenters. The Bertz CT molecular complexity index is 1330. The number of esters is 2. The standard InChI is InChI=1S/C54H88O4/c1-4-6-8-10-12-14-16-18-20-22-24-26-28-30-32-34-52(55)57-46-37-39-47-45(44-46)36-38-49-48(47)42-43-54(3)50(49)40-41-51(54)58-53(56)35-33-31-29-27-25-23-21-19-17-15-13-11-9-7-5-2/h18-21,37,39,44,48-51H,4-17,22-36,38,40-43H2,1-3H3/b20-18-,21-19-/t48-,49-,50+,51?,54+/m1/s1. The number of hydrogen-bond donors (Lipinski definition) is 0. The Hall–Kier alpha value is -2.36. The van der Waals surface area contributed by atoms with Crippen LogP contribution in [0, 0.1) is 17.3 Å². The third-order valence-corrected chi connectivity index (χ3v) is 14.4. The topological polar surface area (TPSA) is 52.6 Å². The van der Waals surface area contributed by atoms with Gasteiger partial charge in [0.05, 0.1) is 0 Å². The zero-order valence-corrected chi connectivity index (χ0v) is 38.0. The van der Waals surface area contributed by atoms with Gasteiger partial charge in [-0.05, 0) is 144 Å². The van der Waals surface area contributed by atoms with Crippen molar-refractivity contribution in [1.29, 1.82) is 0 Å². The lowest BCUT2D eigenvalue weighted by Crippen LogP contribution is -2.45. The second-order valence-corrected chi connectivity index (χ2v) is 19.0. The van der Waals surface area contributed by atoms with Crippen LogP contribution in [0.25, 0.3) is 0 Å². The quantitative estimate of drug-likeness (QED) is 0.0315. The van der Waals surface area contributed by atoms with Gasteiger partial charge in [0, 0.05) is 18.3 Å². The van der Waals surface area contributed by atoms with E-state index in [4.69, 9.17) is 9.47 Å². The molecular weight excluding hydrogens is 713 g/mol. The van der Waals surface area contributed by atoms with Crippen LogP contribution in [0.15, 0.2) is 42.5 Å². The summed E-state index contributed by atoms with van der Waals surface area (Å²) in [4.78, 5) is 25.7. The summed E-state index contributed by atoms with van der Waals surface area (Å²) in [5.41, 5.74) is 2.94. The molecule has 0 bridgehead atoms. The molecule has 0 radical (unpaired) electrons. The average Bonchev–Trinajstić information content (AvgIpc) is 3.55. The van der Waals surface area contributed by atoms with Crippen molar-refractivity contribution in [3.05, 3.63) is 53.6 Å². The molecule has 2 fully saturated rings. The maximum absolute atomic E-state index is 13.0. The van der Waals surface area contributed by atoms with Crippen LogP contribution in [0.5, 0.6) is 5.75 Å². The number of carbonyl (C=O) groups is 2. The number of benzene rings is 1. The third kappa shape index (κ3) is 17.3. The molecule has 1 aromatic carbocycles. The van der Waals surface area contributed by atoms with Gasteiger partial charge in [-0.25, -0.2) is 0 Å². The lowest BCUT2D eigenvalue weighted by molar-refractivity contribution is -0.157. The van der Waals surface area contributed by atoms with Crippen LogP contribution in [0.4, 0.5) is 0 Å². The van der Waals surface area contributed by atoms with E-state index in [1.807, 2.05) is 6.07 Å². The average molecular weight is 801 g/mol. The monoisotopic (exact) mass is 801 g/mol. The lowest BCUT2D eigenvalue weighted by atomic mass is 9.55. The van der Waals surface area contributed by atoms with E-state index in [-0.39, 0.29) is 23.5 Å². The number of rotatable bonds is 32. The highest BCUT2D eigenvalue weighted by Gasteiger charge is 2.56. The summed E-state index contributed by atoms with van der Waals surface area (Å²) in [5, 5.41) is 0. The highest BCUT2D eigenvalue weighted by atomic mass is 16.5. The SMILES string of the molecule is CCCCCCCC/C=C\CCCCCCCC(=O)Oc1ccc2c(c1)CC[C@@H]1[C@@H]2CC[C@]2(C)C(OC(=O)CCCCCCC/C=C\CCCCCCCC)CC[C@@H]12. The summed E-state index contributed by atoms with van der Waals surface area (Å²) in [6, 6.07) is 6.46. The first-order valence-electron chi connectivity index (χ1n) is 25.3. The van der Waals surface area contributed by atoms with Crippen LogP contribution >= 0.6 is 0 Å². The van der Waals surface area contributed by atoms with Gasteiger partial charge in [0.15, 0.2) is 0 Å². The molecule has 0 amide bonds. The predicted molar refractivity (Wildman–Crippen MR) is 245 cm³/mol. The van der Waals surface area contributed by atoms with Gasteiger partial charge in [-0.3, -0.25) is 9.59 Å². The van der Waals surface area contributed by atoms with Crippen molar-refractivity contribution in [3.8, 4) is 5.75 Å². The summed E-state index contributed by atoms with van der Waals surface area (Å²) < 4.78 is 12.1. The van der Waals surface area contributed by atoms with Crippen LogP contribution in [0.2, 0.25) is 0 Å². The van der Waals surface area contributed by atoms with E-state index in [1.54, 1.807) is 0 Å². The van der Waals surface area contributed by atoms with Gasteiger partial charge in [0.25, 0.3) is 0 Å². The lowest BCUT2D eigenvalue weighted by Gasteiger charge is -2.50.